The molecule has 0 saturated carbocycles. The molecule has 0 aromatic carbocycles. The lowest BCUT2D eigenvalue weighted by atomic mass is 9.93. The van der Waals surface area contributed by atoms with Gasteiger partial charge in [-0.2, -0.15) is 5.10 Å². The van der Waals surface area contributed by atoms with Gasteiger partial charge in [-0.25, -0.2) is 9.67 Å². The standard InChI is InChI=1S/C16H31N5/c1-6-14-8-18-16(5,7-2)11-20(14)10-15-17-12-19-21(15)9-13(3)4/h12-14,18H,6-11H2,1-5H3. The van der Waals surface area contributed by atoms with E-state index in [1.807, 2.05) is 0 Å². The number of nitrogens with zero attached hydrogens (tertiary/aromatic N) is 4. The summed E-state index contributed by atoms with van der Waals surface area (Å²) < 4.78 is 2.07. The van der Waals surface area contributed by atoms with E-state index in [2.05, 4.69) is 59.6 Å². The average Bonchev–Trinajstić information content (AvgIpc) is 2.86. The Morgan fingerprint density at radius 3 is 2.81 bits per heavy atom. The van der Waals surface area contributed by atoms with Gasteiger partial charge in [-0.15, -0.1) is 0 Å². The molecule has 0 bridgehead atoms. The fourth-order valence-electron chi connectivity index (χ4n) is 3.04. The first-order valence-corrected chi connectivity index (χ1v) is 8.33. The van der Waals surface area contributed by atoms with Crippen LogP contribution in [0.25, 0.3) is 0 Å². The molecule has 21 heavy (non-hydrogen) atoms. The maximum Gasteiger partial charge on any atom is 0.141 e. The third-order valence-electron chi connectivity index (χ3n) is 4.66. The van der Waals surface area contributed by atoms with Crippen molar-refractivity contribution in [3.05, 3.63) is 12.2 Å². The molecule has 1 saturated heterocycles. The number of aromatic nitrogens is 3. The van der Waals surface area contributed by atoms with Crippen molar-refractivity contribution in [1.29, 1.82) is 0 Å². The fourth-order valence-corrected chi connectivity index (χ4v) is 3.04. The fraction of sp³-hybridized carbons (Fsp3) is 0.875. The number of piperazine rings is 1. The number of rotatable bonds is 6. The Bertz CT molecular complexity index is 442. The molecule has 1 aliphatic heterocycles. The van der Waals surface area contributed by atoms with Crippen molar-refractivity contribution >= 4 is 0 Å². The van der Waals surface area contributed by atoms with E-state index in [0.29, 0.717) is 12.0 Å². The van der Waals surface area contributed by atoms with Gasteiger partial charge in [-0.05, 0) is 25.7 Å². The summed E-state index contributed by atoms with van der Waals surface area (Å²) in [5, 5.41) is 8.11. The lowest BCUT2D eigenvalue weighted by molar-refractivity contribution is 0.0717. The van der Waals surface area contributed by atoms with E-state index in [1.54, 1.807) is 6.33 Å². The van der Waals surface area contributed by atoms with Gasteiger partial charge in [0.25, 0.3) is 0 Å². The van der Waals surface area contributed by atoms with Crippen LogP contribution in [0.5, 0.6) is 0 Å². The van der Waals surface area contributed by atoms with E-state index in [0.717, 1.165) is 38.4 Å². The Morgan fingerprint density at radius 2 is 2.19 bits per heavy atom. The highest BCUT2D eigenvalue weighted by molar-refractivity contribution is 4.96. The van der Waals surface area contributed by atoms with E-state index >= 15 is 0 Å². The van der Waals surface area contributed by atoms with E-state index < -0.39 is 0 Å². The molecule has 5 nitrogen and oxygen atoms in total. The topological polar surface area (TPSA) is 46.0 Å². The largest absolute Gasteiger partial charge is 0.309 e. The molecule has 1 aromatic heterocycles. The molecule has 0 aliphatic carbocycles. The average molecular weight is 293 g/mol. The van der Waals surface area contributed by atoms with Gasteiger partial charge in [-0.3, -0.25) is 4.90 Å². The molecule has 120 valence electrons. The van der Waals surface area contributed by atoms with Crippen molar-refractivity contribution in [2.75, 3.05) is 13.1 Å². The molecule has 1 aromatic rings. The molecule has 2 atom stereocenters. The second-order valence-corrected chi connectivity index (χ2v) is 7.01. The van der Waals surface area contributed by atoms with E-state index in [1.165, 1.54) is 6.42 Å². The smallest absolute Gasteiger partial charge is 0.141 e. The molecule has 1 fully saturated rings. The molecular formula is C16H31N5. The summed E-state index contributed by atoms with van der Waals surface area (Å²) in [5.41, 5.74) is 0.217. The highest BCUT2D eigenvalue weighted by Gasteiger charge is 2.34. The molecule has 1 N–H and O–H groups in total. The van der Waals surface area contributed by atoms with E-state index in [9.17, 15) is 0 Å². The summed E-state index contributed by atoms with van der Waals surface area (Å²) in [7, 11) is 0. The van der Waals surface area contributed by atoms with Crippen molar-refractivity contribution in [2.24, 2.45) is 5.92 Å². The number of nitrogens with one attached hydrogen (secondary N) is 1. The van der Waals surface area contributed by atoms with Crippen LogP contribution in [0.1, 0.15) is 53.3 Å². The molecule has 2 rings (SSSR count). The minimum atomic E-state index is 0.217. The Hall–Kier alpha value is -0.940. The minimum absolute atomic E-state index is 0.217. The second kappa shape index (κ2) is 6.88. The monoisotopic (exact) mass is 293 g/mol. The predicted octanol–water partition coefficient (Wildman–Crippen LogP) is 2.29. The SMILES string of the molecule is CCC1CNC(C)(CC)CN1Cc1ncnn1CC(C)C. The van der Waals surface area contributed by atoms with Gasteiger partial charge in [0, 0.05) is 31.2 Å². The van der Waals surface area contributed by atoms with Crippen LogP contribution < -0.4 is 5.32 Å². The molecule has 0 spiro atoms. The summed E-state index contributed by atoms with van der Waals surface area (Å²) in [6.45, 7) is 15.3. The van der Waals surface area contributed by atoms with Gasteiger partial charge in [0.15, 0.2) is 0 Å². The normalized spacial score (nSPS) is 27.4. The van der Waals surface area contributed by atoms with Crippen molar-refractivity contribution in [3.63, 3.8) is 0 Å². The summed E-state index contributed by atoms with van der Waals surface area (Å²) in [6, 6.07) is 0.592. The van der Waals surface area contributed by atoms with Crippen LogP contribution in [0.4, 0.5) is 0 Å². The third kappa shape index (κ3) is 4.04. The van der Waals surface area contributed by atoms with Crippen LogP contribution in [0.2, 0.25) is 0 Å². The van der Waals surface area contributed by atoms with E-state index in [4.69, 9.17) is 0 Å². The lowest BCUT2D eigenvalue weighted by Crippen LogP contribution is -2.62. The Kier molecular flexibility index (Phi) is 5.38. The van der Waals surface area contributed by atoms with Crippen molar-refractivity contribution in [2.45, 2.75) is 72.1 Å². The van der Waals surface area contributed by atoms with Crippen molar-refractivity contribution < 1.29 is 0 Å². The van der Waals surface area contributed by atoms with Gasteiger partial charge in [0.2, 0.25) is 0 Å². The van der Waals surface area contributed by atoms with Crippen LogP contribution in [0.15, 0.2) is 6.33 Å². The summed E-state index contributed by atoms with van der Waals surface area (Å²) in [6.07, 6.45) is 4.02. The van der Waals surface area contributed by atoms with Gasteiger partial charge in [-0.1, -0.05) is 27.7 Å². The molecule has 1 aliphatic rings. The summed E-state index contributed by atoms with van der Waals surface area (Å²) in [5.74, 6) is 1.69. The molecule has 0 amide bonds. The van der Waals surface area contributed by atoms with Crippen molar-refractivity contribution in [1.82, 2.24) is 25.0 Å². The Balaban J connectivity index is 2.10. The maximum atomic E-state index is 4.50. The third-order valence-corrected chi connectivity index (χ3v) is 4.66. The lowest BCUT2D eigenvalue weighted by Gasteiger charge is -2.45. The number of hydrogen-bond donors (Lipinski definition) is 1. The number of hydrogen-bond acceptors (Lipinski definition) is 4. The Morgan fingerprint density at radius 1 is 1.43 bits per heavy atom. The minimum Gasteiger partial charge on any atom is -0.309 e. The zero-order valence-electron chi connectivity index (χ0n) is 14.3. The van der Waals surface area contributed by atoms with E-state index in [-0.39, 0.29) is 5.54 Å². The van der Waals surface area contributed by atoms with Crippen LogP contribution in [0.3, 0.4) is 0 Å². The second-order valence-electron chi connectivity index (χ2n) is 7.01. The Labute approximate surface area is 129 Å². The maximum absolute atomic E-state index is 4.50. The summed E-state index contributed by atoms with van der Waals surface area (Å²) >= 11 is 0. The van der Waals surface area contributed by atoms with Gasteiger partial charge in [0.05, 0.1) is 6.54 Å². The highest BCUT2D eigenvalue weighted by Crippen LogP contribution is 2.22. The van der Waals surface area contributed by atoms with Gasteiger partial charge < -0.3 is 5.32 Å². The zero-order chi connectivity index (χ0) is 15.5. The molecule has 5 heteroatoms. The molecule has 2 unspecified atom stereocenters. The van der Waals surface area contributed by atoms with Gasteiger partial charge in [0.1, 0.15) is 12.2 Å². The molecule has 2 heterocycles. The van der Waals surface area contributed by atoms with Crippen LogP contribution >= 0.6 is 0 Å². The van der Waals surface area contributed by atoms with Crippen LogP contribution in [-0.4, -0.2) is 44.3 Å². The predicted molar refractivity (Wildman–Crippen MR) is 86.0 cm³/mol. The first kappa shape index (κ1) is 16.4. The van der Waals surface area contributed by atoms with Crippen molar-refractivity contribution in [3.8, 4) is 0 Å². The quantitative estimate of drug-likeness (QED) is 0.874. The summed E-state index contributed by atoms with van der Waals surface area (Å²) in [4.78, 5) is 7.08. The van der Waals surface area contributed by atoms with Crippen LogP contribution in [-0.2, 0) is 13.1 Å². The van der Waals surface area contributed by atoms with Crippen LogP contribution in [0, 0.1) is 5.92 Å². The highest BCUT2D eigenvalue weighted by atomic mass is 15.4. The first-order chi connectivity index (χ1) is 9.97. The zero-order valence-corrected chi connectivity index (χ0v) is 14.3. The first-order valence-electron chi connectivity index (χ1n) is 8.33. The van der Waals surface area contributed by atoms with Gasteiger partial charge >= 0.3 is 0 Å². The molecular weight excluding hydrogens is 262 g/mol. The molecule has 0 radical (unpaired) electrons.